The largest absolute Gasteiger partial charge is 0.294 e. The molecule has 2 rings (SSSR count). The molecule has 0 aliphatic heterocycles. The van der Waals surface area contributed by atoms with E-state index in [1.54, 1.807) is 11.4 Å². The first-order valence-electron chi connectivity index (χ1n) is 4.88. The van der Waals surface area contributed by atoms with Crippen LogP contribution in [0.4, 0.5) is 13.2 Å². The van der Waals surface area contributed by atoms with Crippen LogP contribution in [0.25, 0.3) is 0 Å². The summed E-state index contributed by atoms with van der Waals surface area (Å²) in [5.74, 6) is -4.73. The zero-order valence-corrected chi connectivity index (χ0v) is 11.2. The van der Waals surface area contributed by atoms with E-state index >= 15 is 0 Å². The van der Waals surface area contributed by atoms with E-state index in [-0.39, 0.29) is 12.0 Å². The van der Waals surface area contributed by atoms with Crippen molar-refractivity contribution in [2.45, 2.75) is 6.42 Å². The van der Waals surface area contributed by atoms with Crippen molar-refractivity contribution in [1.29, 1.82) is 0 Å². The number of halogens is 4. The van der Waals surface area contributed by atoms with Gasteiger partial charge in [0.15, 0.2) is 23.2 Å². The molecule has 0 bridgehead atoms. The van der Waals surface area contributed by atoms with Gasteiger partial charge in [-0.3, -0.25) is 4.79 Å². The van der Waals surface area contributed by atoms with Crippen LogP contribution in [0.3, 0.4) is 0 Å². The van der Waals surface area contributed by atoms with Gasteiger partial charge >= 0.3 is 0 Å². The van der Waals surface area contributed by atoms with Gasteiger partial charge in [-0.15, -0.1) is 11.3 Å². The van der Waals surface area contributed by atoms with Crippen LogP contribution in [-0.4, -0.2) is 5.78 Å². The van der Waals surface area contributed by atoms with Gasteiger partial charge in [-0.1, -0.05) is 0 Å². The standard InChI is InChI=1S/C12H6BrF3OS/c13-7-3-8(18-5-7)4-11(17)6-1-9(14)12(16)10(15)2-6/h1-3,5H,4H2. The molecule has 0 atom stereocenters. The van der Waals surface area contributed by atoms with E-state index in [1.807, 2.05) is 0 Å². The molecule has 0 N–H and O–H groups in total. The number of hydrogen-bond acceptors (Lipinski definition) is 2. The maximum absolute atomic E-state index is 13.0. The van der Waals surface area contributed by atoms with Gasteiger partial charge in [-0.2, -0.15) is 0 Å². The average Bonchev–Trinajstić information content (AvgIpc) is 2.71. The second-order valence-corrected chi connectivity index (χ2v) is 5.50. The third-order valence-electron chi connectivity index (χ3n) is 2.26. The number of thiophene rings is 1. The number of ketones is 1. The van der Waals surface area contributed by atoms with Crippen LogP contribution in [0.2, 0.25) is 0 Å². The van der Waals surface area contributed by atoms with Crippen molar-refractivity contribution in [2.24, 2.45) is 0 Å². The number of benzene rings is 1. The summed E-state index contributed by atoms with van der Waals surface area (Å²) in [4.78, 5) is 12.5. The molecule has 0 saturated heterocycles. The highest BCUT2D eigenvalue weighted by Gasteiger charge is 2.15. The Balaban J connectivity index is 2.24. The summed E-state index contributed by atoms with van der Waals surface area (Å²) in [5, 5.41) is 1.80. The highest BCUT2D eigenvalue weighted by atomic mass is 79.9. The molecule has 6 heteroatoms. The maximum atomic E-state index is 13.0. The summed E-state index contributed by atoms with van der Waals surface area (Å²) in [6, 6.07) is 3.17. The van der Waals surface area contributed by atoms with Crippen LogP contribution in [0.1, 0.15) is 15.2 Å². The zero-order chi connectivity index (χ0) is 13.3. The smallest absolute Gasteiger partial charge is 0.194 e. The van der Waals surface area contributed by atoms with E-state index in [0.717, 1.165) is 9.35 Å². The summed E-state index contributed by atoms with van der Waals surface area (Å²) < 4.78 is 39.5. The lowest BCUT2D eigenvalue weighted by atomic mass is 10.1. The molecule has 0 aliphatic rings. The van der Waals surface area contributed by atoms with E-state index in [2.05, 4.69) is 15.9 Å². The maximum Gasteiger partial charge on any atom is 0.194 e. The number of rotatable bonds is 3. The Morgan fingerprint density at radius 1 is 1.17 bits per heavy atom. The fourth-order valence-electron chi connectivity index (χ4n) is 1.42. The van der Waals surface area contributed by atoms with Crippen molar-refractivity contribution < 1.29 is 18.0 Å². The number of carbonyl (C=O) groups is 1. The summed E-state index contributed by atoms with van der Waals surface area (Å²) in [7, 11) is 0. The summed E-state index contributed by atoms with van der Waals surface area (Å²) in [6.07, 6.45) is 0.0286. The van der Waals surface area contributed by atoms with E-state index in [1.165, 1.54) is 11.3 Å². The predicted octanol–water partition coefficient (Wildman–Crippen LogP) is 4.35. The molecular formula is C12H6BrF3OS. The van der Waals surface area contributed by atoms with Gasteiger partial charge < -0.3 is 0 Å². The van der Waals surface area contributed by atoms with Gasteiger partial charge in [0.1, 0.15) is 0 Å². The van der Waals surface area contributed by atoms with Crippen LogP contribution >= 0.6 is 27.3 Å². The van der Waals surface area contributed by atoms with Crippen LogP contribution in [0.15, 0.2) is 28.1 Å². The molecule has 1 aromatic heterocycles. The van der Waals surface area contributed by atoms with Crippen molar-refractivity contribution in [3.8, 4) is 0 Å². The van der Waals surface area contributed by atoms with Crippen molar-refractivity contribution in [3.63, 3.8) is 0 Å². The highest BCUT2D eigenvalue weighted by molar-refractivity contribution is 9.10. The molecule has 1 heterocycles. The molecule has 0 fully saturated rings. The first kappa shape index (κ1) is 13.3. The SMILES string of the molecule is O=C(Cc1cc(Br)cs1)c1cc(F)c(F)c(F)c1. The van der Waals surface area contributed by atoms with Crippen LogP contribution in [0, 0.1) is 17.5 Å². The van der Waals surface area contributed by atoms with E-state index in [9.17, 15) is 18.0 Å². The van der Waals surface area contributed by atoms with Crippen molar-refractivity contribution in [1.82, 2.24) is 0 Å². The van der Waals surface area contributed by atoms with Gasteiger partial charge in [0, 0.05) is 26.7 Å². The number of hydrogen-bond donors (Lipinski definition) is 0. The molecular weight excluding hydrogens is 329 g/mol. The van der Waals surface area contributed by atoms with Gasteiger partial charge in [0.25, 0.3) is 0 Å². The summed E-state index contributed by atoms with van der Waals surface area (Å²) >= 11 is 4.60. The lowest BCUT2D eigenvalue weighted by Crippen LogP contribution is -2.05. The highest BCUT2D eigenvalue weighted by Crippen LogP contribution is 2.22. The van der Waals surface area contributed by atoms with Crippen LogP contribution in [-0.2, 0) is 6.42 Å². The van der Waals surface area contributed by atoms with Gasteiger partial charge in [0.2, 0.25) is 0 Å². The minimum Gasteiger partial charge on any atom is -0.294 e. The molecule has 94 valence electrons. The Morgan fingerprint density at radius 2 is 1.78 bits per heavy atom. The first-order chi connectivity index (χ1) is 8.47. The summed E-state index contributed by atoms with van der Waals surface area (Å²) in [6.45, 7) is 0. The Bertz CT molecular complexity index is 586. The average molecular weight is 335 g/mol. The van der Waals surface area contributed by atoms with Crippen LogP contribution < -0.4 is 0 Å². The minimum absolute atomic E-state index is 0.0286. The Labute approximate surface area is 113 Å². The molecule has 0 amide bonds. The molecule has 2 aromatic rings. The third kappa shape index (κ3) is 2.81. The second-order valence-electron chi connectivity index (χ2n) is 3.59. The second kappa shape index (κ2) is 5.24. The fraction of sp³-hybridized carbons (Fsp3) is 0.0833. The van der Waals surface area contributed by atoms with E-state index < -0.39 is 23.2 Å². The van der Waals surface area contributed by atoms with Crippen molar-refractivity contribution in [3.05, 3.63) is 55.9 Å². The molecule has 1 nitrogen and oxygen atoms in total. The molecule has 18 heavy (non-hydrogen) atoms. The molecule has 0 aliphatic carbocycles. The molecule has 0 saturated carbocycles. The van der Waals surface area contributed by atoms with Crippen LogP contribution in [0.5, 0.6) is 0 Å². The number of Topliss-reactive ketones (excluding diaryl/α,β-unsaturated/α-hetero) is 1. The minimum atomic E-state index is -1.56. The lowest BCUT2D eigenvalue weighted by Gasteiger charge is -2.01. The predicted molar refractivity (Wildman–Crippen MR) is 66.4 cm³/mol. The molecule has 0 radical (unpaired) electrons. The monoisotopic (exact) mass is 334 g/mol. The third-order valence-corrected chi connectivity index (χ3v) is 3.96. The normalized spacial score (nSPS) is 10.7. The van der Waals surface area contributed by atoms with Gasteiger partial charge in [0.05, 0.1) is 0 Å². The van der Waals surface area contributed by atoms with E-state index in [0.29, 0.717) is 12.1 Å². The summed E-state index contributed by atoms with van der Waals surface area (Å²) in [5.41, 5.74) is -0.170. The van der Waals surface area contributed by atoms with Gasteiger partial charge in [-0.25, -0.2) is 13.2 Å². The molecule has 1 aromatic carbocycles. The Hall–Kier alpha value is -1.14. The van der Waals surface area contributed by atoms with E-state index in [4.69, 9.17) is 0 Å². The fourth-order valence-corrected chi connectivity index (χ4v) is 2.87. The quantitative estimate of drug-likeness (QED) is 0.602. The Morgan fingerprint density at radius 3 is 2.28 bits per heavy atom. The van der Waals surface area contributed by atoms with Gasteiger partial charge in [-0.05, 0) is 34.1 Å². The lowest BCUT2D eigenvalue weighted by molar-refractivity contribution is 0.0992. The Kier molecular flexibility index (Phi) is 3.87. The van der Waals surface area contributed by atoms with Crippen molar-refractivity contribution in [2.75, 3.05) is 0 Å². The molecule has 0 unspecified atom stereocenters. The number of carbonyl (C=O) groups excluding carboxylic acids is 1. The first-order valence-corrected chi connectivity index (χ1v) is 6.55. The van der Waals surface area contributed by atoms with Crippen molar-refractivity contribution >= 4 is 33.0 Å². The topological polar surface area (TPSA) is 17.1 Å². The molecule has 0 spiro atoms. The zero-order valence-electron chi connectivity index (χ0n) is 8.84.